The predicted molar refractivity (Wildman–Crippen MR) is 84.6 cm³/mol. The Kier molecular flexibility index (Phi) is 5.21. The number of nitrogens with zero attached hydrogens (tertiary/aromatic N) is 1. The van der Waals surface area contributed by atoms with E-state index in [1.54, 1.807) is 6.07 Å². The quantitative estimate of drug-likeness (QED) is 0.840. The van der Waals surface area contributed by atoms with E-state index in [0.717, 1.165) is 21.9 Å². The van der Waals surface area contributed by atoms with Crippen molar-refractivity contribution < 1.29 is 9.59 Å². The highest BCUT2D eigenvalue weighted by atomic mass is 79.9. The van der Waals surface area contributed by atoms with Crippen LogP contribution in [0, 0.1) is 0 Å². The van der Waals surface area contributed by atoms with Crippen LogP contribution in [-0.2, 0) is 4.79 Å². The maximum Gasteiger partial charge on any atom is 0.252 e. The van der Waals surface area contributed by atoms with Crippen LogP contribution in [0.3, 0.4) is 0 Å². The van der Waals surface area contributed by atoms with Crippen LogP contribution in [0.1, 0.15) is 30.1 Å². The summed E-state index contributed by atoms with van der Waals surface area (Å²) >= 11 is 6.74. The lowest BCUT2D eigenvalue weighted by molar-refractivity contribution is -0.127. The first-order chi connectivity index (χ1) is 9.47. The molecule has 0 aromatic heterocycles. The number of benzene rings is 1. The third kappa shape index (κ3) is 3.82. The minimum atomic E-state index is -0.136. The van der Waals surface area contributed by atoms with Gasteiger partial charge in [-0.15, -0.1) is 0 Å². The molecular formula is C14H16Br2N2O2. The Balaban J connectivity index is 1.95. The fraction of sp³-hybridized carbons (Fsp3) is 0.429. The summed E-state index contributed by atoms with van der Waals surface area (Å²) in [5, 5.41) is 2.93. The molecule has 0 bridgehead atoms. The summed E-state index contributed by atoms with van der Waals surface area (Å²) in [4.78, 5) is 25.5. The number of carbonyl (C=O) groups excluding carboxylic acids is 2. The van der Waals surface area contributed by atoms with E-state index in [2.05, 4.69) is 37.2 Å². The van der Waals surface area contributed by atoms with Crippen molar-refractivity contribution in [3.63, 3.8) is 0 Å². The van der Waals surface area contributed by atoms with Gasteiger partial charge in [0.2, 0.25) is 5.91 Å². The molecule has 1 saturated heterocycles. The normalized spacial score (nSPS) is 16.4. The maximum atomic E-state index is 12.2. The van der Waals surface area contributed by atoms with E-state index < -0.39 is 0 Å². The van der Waals surface area contributed by atoms with Gasteiger partial charge in [0.05, 0.1) is 5.56 Å². The van der Waals surface area contributed by atoms with Gasteiger partial charge >= 0.3 is 0 Å². The van der Waals surface area contributed by atoms with E-state index in [9.17, 15) is 9.59 Å². The van der Waals surface area contributed by atoms with Crippen LogP contribution in [0.25, 0.3) is 0 Å². The lowest BCUT2D eigenvalue weighted by Gasteiger charge is -2.21. The monoisotopic (exact) mass is 402 g/mol. The van der Waals surface area contributed by atoms with Gasteiger partial charge in [-0.3, -0.25) is 9.59 Å². The van der Waals surface area contributed by atoms with Crippen molar-refractivity contribution in [3.8, 4) is 0 Å². The molecule has 2 amide bonds. The standard InChI is InChI=1S/C14H16Br2N2O2/c1-9(8-18-6-2-3-13(18)19)17-14(20)11-5-4-10(15)7-12(11)16/h4-5,7,9H,2-3,6,8H2,1H3,(H,17,20). The summed E-state index contributed by atoms with van der Waals surface area (Å²) in [6.07, 6.45) is 1.54. The highest BCUT2D eigenvalue weighted by Gasteiger charge is 2.22. The summed E-state index contributed by atoms with van der Waals surface area (Å²) < 4.78 is 1.66. The number of nitrogens with one attached hydrogen (secondary N) is 1. The highest BCUT2D eigenvalue weighted by Crippen LogP contribution is 2.22. The smallest absolute Gasteiger partial charge is 0.252 e. The first-order valence-corrected chi connectivity index (χ1v) is 8.09. The minimum absolute atomic E-state index is 0.0694. The molecule has 4 nitrogen and oxygen atoms in total. The summed E-state index contributed by atoms with van der Waals surface area (Å²) in [6, 6.07) is 5.36. The van der Waals surface area contributed by atoms with Crippen molar-refractivity contribution in [1.82, 2.24) is 10.2 Å². The third-order valence-electron chi connectivity index (χ3n) is 3.22. The number of amides is 2. The highest BCUT2D eigenvalue weighted by molar-refractivity contribution is 9.11. The molecule has 2 rings (SSSR count). The van der Waals surface area contributed by atoms with Crippen LogP contribution in [0.5, 0.6) is 0 Å². The topological polar surface area (TPSA) is 49.4 Å². The van der Waals surface area contributed by atoms with Gasteiger partial charge < -0.3 is 10.2 Å². The van der Waals surface area contributed by atoms with Gasteiger partial charge in [0.15, 0.2) is 0 Å². The van der Waals surface area contributed by atoms with Gasteiger partial charge in [-0.25, -0.2) is 0 Å². The average Bonchev–Trinajstić information content (AvgIpc) is 2.74. The first kappa shape index (κ1) is 15.5. The van der Waals surface area contributed by atoms with Crippen LogP contribution in [-0.4, -0.2) is 35.8 Å². The second kappa shape index (κ2) is 6.72. The second-order valence-corrected chi connectivity index (χ2v) is 6.71. The largest absolute Gasteiger partial charge is 0.348 e. The summed E-state index contributed by atoms with van der Waals surface area (Å²) in [5.74, 6) is 0.0412. The fourth-order valence-corrected chi connectivity index (χ4v) is 3.48. The molecule has 1 aliphatic heterocycles. The fourth-order valence-electron chi connectivity index (χ4n) is 2.25. The SMILES string of the molecule is CC(CN1CCCC1=O)NC(=O)c1ccc(Br)cc1Br. The zero-order valence-electron chi connectivity index (χ0n) is 11.2. The molecule has 1 aromatic rings. The third-order valence-corrected chi connectivity index (χ3v) is 4.37. The number of rotatable bonds is 4. The molecule has 6 heteroatoms. The molecule has 0 saturated carbocycles. The van der Waals surface area contributed by atoms with Gasteiger partial charge in [0.25, 0.3) is 5.91 Å². The van der Waals surface area contributed by atoms with Crippen molar-refractivity contribution in [2.45, 2.75) is 25.8 Å². The summed E-state index contributed by atoms with van der Waals surface area (Å²) in [5.41, 5.74) is 0.591. The van der Waals surface area contributed by atoms with Gasteiger partial charge in [0, 0.05) is 34.5 Å². The van der Waals surface area contributed by atoms with Gasteiger partial charge in [0.1, 0.15) is 0 Å². The molecular weight excluding hydrogens is 388 g/mol. The number of carbonyl (C=O) groups is 2. The van der Waals surface area contributed by atoms with Crippen molar-refractivity contribution >= 4 is 43.7 Å². The van der Waals surface area contributed by atoms with E-state index in [1.807, 2.05) is 24.0 Å². The van der Waals surface area contributed by atoms with Crippen molar-refractivity contribution in [2.24, 2.45) is 0 Å². The molecule has 1 fully saturated rings. The molecule has 0 spiro atoms. The zero-order valence-corrected chi connectivity index (χ0v) is 14.3. The van der Waals surface area contributed by atoms with Crippen LogP contribution in [0.4, 0.5) is 0 Å². The number of hydrogen-bond acceptors (Lipinski definition) is 2. The summed E-state index contributed by atoms with van der Waals surface area (Å²) in [7, 11) is 0. The molecule has 1 aromatic carbocycles. The lowest BCUT2D eigenvalue weighted by Crippen LogP contribution is -2.42. The van der Waals surface area contributed by atoms with Crippen molar-refractivity contribution in [3.05, 3.63) is 32.7 Å². The molecule has 108 valence electrons. The molecule has 20 heavy (non-hydrogen) atoms. The van der Waals surface area contributed by atoms with Crippen molar-refractivity contribution in [1.29, 1.82) is 0 Å². The minimum Gasteiger partial charge on any atom is -0.348 e. The summed E-state index contributed by atoms with van der Waals surface area (Å²) in [6.45, 7) is 3.27. The first-order valence-electron chi connectivity index (χ1n) is 6.51. The zero-order chi connectivity index (χ0) is 14.7. The van der Waals surface area contributed by atoms with Crippen LogP contribution < -0.4 is 5.32 Å². The Morgan fingerprint density at radius 1 is 1.45 bits per heavy atom. The number of likely N-dealkylation sites (tertiary alicyclic amines) is 1. The molecule has 0 aliphatic carbocycles. The predicted octanol–water partition coefficient (Wildman–Crippen LogP) is 2.95. The van der Waals surface area contributed by atoms with E-state index in [4.69, 9.17) is 0 Å². The Labute approximate surface area is 135 Å². The van der Waals surface area contributed by atoms with Gasteiger partial charge in [-0.05, 0) is 47.5 Å². The number of halogens is 2. The molecule has 1 N–H and O–H groups in total. The Hall–Kier alpha value is -0.880. The molecule has 1 atom stereocenters. The second-order valence-electron chi connectivity index (χ2n) is 4.94. The van der Waals surface area contributed by atoms with Crippen LogP contribution >= 0.6 is 31.9 Å². The van der Waals surface area contributed by atoms with Crippen LogP contribution in [0.15, 0.2) is 27.1 Å². The van der Waals surface area contributed by atoms with Gasteiger partial charge in [-0.1, -0.05) is 15.9 Å². The Morgan fingerprint density at radius 2 is 2.20 bits per heavy atom. The van der Waals surface area contributed by atoms with Crippen molar-refractivity contribution in [2.75, 3.05) is 13.1 Å². The molecule has 0 radical (unpaired) electrons. The Bertz CT molecular complexity index is 534. The van der Waals surface area contributed by atoms with Gasteiger partial charge in [-0.2, -0.15) is 0 Å². The average molecular weight is 404 g/mol. The maximum absolute atomic E-state index is 12.2. The Morgan fingerprint density at radius 3 is 2.80 bits per heavy atom. The molecule has 1 aliphatic rings. The van der Waals surface area contributed by atoms with E-state index in [1.165, 1.54) is 0 Å². The van der Waals surface area contributed by atoms with E-state index >= 15 is 0 Å². The molecule has 1 heterocycles. The van der Waals surface area contributed by atoms with Crippen LogP contribution in [0.2, 0.25) is 0 Å². The molecule has 1 unspecified atom stereocenters. The van der Waals surface area contributed by atoms with E-state index in [-0.39, 0.29) is 17.9 Å². The number of hydrogen-bond donors (Lipinski definition) is 1. The lowest BCUT2D eigenvalue weighted by atomic mass is 10.2. The van der Waals surface area contributed by atoms with E-state index in [0.29, 0.717) is 18.5 Å².